The molecular formula is C12H17NOS. The number of para-hydroxylation sites is 1. The summed E-state index contributed by atoms with van der Waals surface area (Å²) in [6, 6.07) is 8.67. The van der Waals surface area contributed by atoms with Crippen LogP contribution in [0.3, 0.4) is 0 Å². The number of benzene rings is 1. The lowest BCUT2D eigenvalue weighted by Crippen LogP contribution is -2.24. The standard InChI is InChI=1S/C12H17NOS/c1-2-15-8-7-13-11-9-14-12-6-4-3-5-10(11)12/h3-6,11,13H,2,7-9H2,1H3. The molecule has 2 nitrogen and oxygen atoms in total. The molecule has 0 amide bonds. The molecule has 0 aliphatic carbocycles. The van der Waals surface area contributed by atoms with Crippen molar-refractivity contribution in [3.8, 4) is 5.75 Å². The van der Waals surface area contributed by atoms with Crippen LogP contribution in [0.2, 0.25) is 0 Å². The first-order valence-corrected chi connectivity index (χ1v) is 6.60. The Morgan fingerprint density at radius 1 is 1.47 bits per heavy atom. The van der Waals surface area contributed by atoms with E-state index in [1.165, 1.54) is 17.1 Å². The van der Waals surface area contributed by atoms with Gasteiger partial charge in [0.25, 0.3) is 0 Å². The summed E-state index contributed by atoms with van der Waals surface area (Å²) in [5.41, 5.74) is 1.30. The van der Waals surface area contributed by atoms with Gasteiger partial charge in [-0.05, 0) is 11.8 Å². The third kappa shape index (κ3) is 2.67. The van der Waals surface area contributed by atoms with Gasteiger partial charge >= 0.3 is 0 Å². The summed E-state index contributed by atoms with van der Waals surface area (Å²) >= 11 is 1.97. The number of rotatable bonds is 5. The second kappa shape index (κ2) is 5.42. The first-order valence-electron chi connectivity index (χ1n) is 5.44. The minimum absolute atomic E-state index is 0.388. The third-order valence-corrected chi connectivity index (χ3v) is 3.44. The zero-order chi connectivity index (χ0) is 10.5. The summed E-state index contributed by atoms with van der Waals surface area (Å²) in [6.45, 7) is 4.02. The Kier molecular flexibility index (Phi) is 3.92. The predicted octanol–water partition coefficient (Wildman–Crippen LogP) is 2.46. The van der Waals surface area contributed by atoms with Crippen LogP contribution in [0.15, 0.2) is 24.3 Å². The van der Waals surface area contributed by atoms with Crippen molar-refractivity contribution in [1.29, 1.82) is 0 Å². The average molecular weight is 223 g/mol. The second-order valence-corrected chi connectivity index (χ2v) is 4.95. The van der Waals surface area contributed by atoms with Crippen molar-refractivity contribution < 1.29 is 4.74 Å². The van der Waals surface area contributed by atoms with Crippen molar-refractivity contribution in [3.05, 3.63) is 29.8 Å². The van der Waals surface area contributed by atoms with E-state index in [9.17, 15) is 0 Å². The van der Waals surface area contributed by atoms with Crippen LogP contribution in [0.25, 0.3) is 0 Å². The maximum absolute atomic E-state index is 5.60. The fourth-order valence-electron chi connectivity index (χ4n) is 1.78. The summed E-state index contributed by atoms with van der Waals surface area (Å²) < 4.78 is 5.60. The molecule has 1 unspecified atom stereocenters. The molecule has 0 spiro atoms. The van der Waals surface area contributed by atoms with E-state index in [1.807, 2.05) is 23.9 Å². The molecule has 0 saturated heterocycles. The maximum atomic E-state index is 5.60. The summed E-state index contributed by atoms with van der Waals surface area (Å²) in [7, 11) is 0. The molecule has 1 atom stereocenters. The first-order chi connectivity index (χ1) is 7.42. The largest absolute Gasteiger partial charge is 0.491 e. The molecule has 0 radical (unpaired) electrons. The highest BCUT2D eigenvalue weighted by Gasteiger charge is 2.22. The summed E-state index contributed by atoms with van der Waals surface area (Å²) in [5.74, 6) is 3.41. The Morgan fingerprint density at radius 2 is 2.33 bits per heavy atom. The van der Waals surface area contributed by atoms with E-state index in [1.54, 1.807) is 0 Å². The Balaban J connectivity index is 1.85. The van der Waals surface area contributed by atoms with E-state index >= 15 is 0 Å². The van der Waals surface area contributed by atoms with Crippen LogP contribution < -0.4 is 10.1 Å². The number of ether oxygens (including phenoxy) is 1. The Bertz CT molecular complexity index is 316. The highest BCUT2D eigenvalue weighted by Crippen LogP contribution is 2.31. The van der Waals surface area contributed by atoms with Gasteiger partial charge in [-0.1, -0.05) is 25.1 Å². The number of nitrogens with one attached hydrogen (secondary N) is 1. The van der Waals surface area contributed by atoms with E-state index in [0.29, 0.717) is 6.04 Å². The second-order valence-electron chi connectivity index (χ2n) is 3.55. The minimum atomic E-state index is 0.388. The Morgan fingerprint density at radius 3 is 3.20 bits per heavy atom. The lowest BCUT2D eigenvalue weighted by Gasteiger charge is -2.10. The molecule has 0 saturated carbocycles. The molecule has 1 aliphatic heterocycles. The van der Waals surface area contributed by atoms with Crippen LogP contribution >= 0.6 is 11.8 Å². The molecular weight excluding hydrogens is 206 g/mol. The number of hydrogen-bond acceptors (Lipinski definition) is 3. The van der Waals surface area contributed by atoms with Crippen molar-refractivity contribution in [1.82, 2.24) is 5.32 Å². The quantitative estimate of drug-likeness (QED) is 0.775. The molecule has 0 fully saturated rings. The van der Waals surface area contributed by atoms with Crippen LogP contribution in [0.5, 0.6) is 5.75 Å². The fourth-order valence-corrected chi connectivity index (χ4v) is 2.33. The van der Waals surface area contributed by atoms with Crippen LogP contribution in [0, 0.1) is 0 Å². The van der Waals surface area contributed by atoms with Gasteiger partial charge in [0, 0.05) is 17.9 Å². The normalized spacial score (nSPS) is 18.6. The van der Waals surface area contributed by atoms with Gasteiger partial charge in [-0.2, -0.15) is 11.8 Å². The molecule has 2 rings (SSSR count). The van der Waals surface area contributed by atoms with Gasteiger partial charge in [-0.15, -0.1) is 0 Å². The van der Waals surface area contributed by atoms with E-state index in [-0.39, 0.29) is 0 Å². The SMILES string of the molecule is CCSCCNC1COc2ccccc21. The lowest BCUT2D eigenvalue weighted by molar-refractivity contribution is 0.313. The van der Waals surface area contributed by atoms with Crippen molar-refractivity contribution in [2.24, 2.45) is 0 Å². The summed E-state index contributed by atoms with van der Waals surface area (Å²) in [4.78, 5) is 0. The fraction of sp³-hybridized carbons (Fsp3) is 0.500. The topological polar surface area (TPSA) is 21.3 Å². The van der Waals surface area contributed by atoms with Gasteiger partial charge in [0.15, 0.2) is 0 Å². The average Bonchev–Trinajstić information content (AvgIpc) is 2.68. The Labute approximate surface area is 95.4 Å². The molecule has 0 bridgehead atoms. The van der Waals surface area contributed by atoms with Crippen LogP contribution in [0.4, 0.5) is 0 Å². The van der Waals surface area contributed by atoms with E-state index < -0.39 is 0 Å². The van der Waals surface area contributed by atoms with Crippen molar-refractivity contribution in [2.45, 2.75) is 13.0 Å². The third-order valence-electron chi connectivity index (χ3n) is 2.54. The molecule has 1 aliphatic rings. The van der Waals surface area contributed by atoms with Crippen LogP contribution in [0.1, 0.15) is 18.5 Å². The van der Waals surface area contributed by atoms with Crippen molar-refractivity contribution in [2.75, 3.05) is 24.7 Å². The molecule has 1 aromatic carbocycles. The Hall–Kier alpha value is -0.670. The van der Waals surface area contributed by atoms with Crippen molar-refractivity contribution in [3.63, 3.8) is 0 Å². The number of fused-ring (bicyclic) bond motifs is 1. The first kappa shape index (κ1) is 10.8. The zero-order valence-corrected chi connectivity index (χ0v) is 9.85. The molecule has 3 heteroatoms. The molecule has 15 heavy (non-hydrogen) atoms. The van der Waals surface area contributed by atoms with Crippen molar-refractivity contribution >= 4 is 11.8 Å². The zero-order valence-electron chi connectivity index (χ0n) is 9.03. The van der Waals surface area contributed by atoms with Gasteiger partial charge in [0.05, 0.1) is 6.04 Å². The minimum Gasteiger partial charge on any atom is -0.491 e. The van der Waals surface area contributed by atoms with E-state index in [2.05, 4.69) is 24.4 Å². The summed E-state index contributed by atoms with van der Waals surface area (Å²) in [6.07, 6.45) is 0. The molecule has 1 heterocycles. The smallest absolute Gasteiger partial charge is 0.124 e. The number of thioether (sulfide) groups is 1. The maximum Gasteiger partial charge on any atom is 0.124 e. The van der Waals surface area contributed by atoms with Crippen LogP contribution in [-0.2, 0) is 0 Å². The molecule has 1 aromatic rings. The highest BCUT2D eigenvalue weighted by molar-refractivity contribution is 7.99. The lowest BCUT2D eigenvalue weighted by atomic mass is 10.1. The van der Waals surface area contributed by atoms with Gasteiger partial charge in [-0.25, -0.2) is 0 Å². The molecule has 82 valence electrons. The highest BCUT2D eigenvalue weighted by atomic mass is 32.2. The van der Waals surface area contributed by atoms with Gasteiger partial charge in [0.2, 0.25) is 0 Å². The van der Waals surface area contributed by atoms with E-state index in [0.717, 1.165) is 18.9 Å². The summed E-state index contributed by atoms with van der Waals surface area (Å²) in [5, 5.41) is 3.53. The molecule has 0 aromatic heterocycles. The van der Waals surface area contributed by atoms with Gasteiger partial charge in [-0.3, -0.25) is 0 Å². The van der Waals surface area contributed by atoms with Gasteiger partial charge in [0.1, 0.15) is 12.4 Å². The monoisotopic (exact) mass is 223 g/mol. The number of hydrogen-bond donors (Lipinski definition) is 1. The molecule has 1 N–H and O–H groups in total. The van der Waals surface area contributed by atoms with Crippen LogP contribution in [-0.4, -0.2) is 24.7 Å². The predicted molar refractivity (Wildman–Crippen MR) is 65.7 cm³/mol. The van der Waals surface area contributed by atoms with E-state index in [4.69, 9.17) is 4.74 Å². The van der Waals surface area contributed by atoms with Gasteiger partial charge < -0.3 is 10.1 Å².